The minimum atomic E-state index is -1.12. The van der Waals surface area contributed by atoms with Crippen molar-refractivity contribution in [3.05, 3.63) is 59.5 Å². The first-order valence-corrected chi connectivity index (χ1v) is 15.7. The van der Waals surface area contributed by atoms with E-state index in [0.29, 0.717) is 24.9 Å². The molecule has 1 aliphatic carbocycles. The molecule has 0 bridgehead atoms. The van der Waals surface area contributed by atoms with E-state index in [-0.39, 0.29) is 5.82 Å². The summed E-state index contributed by atoms with van der Waals surface area (Å²) in [5.41, 5.74) is 3.98. The molecule has 0 saturated heterocycles. The van der Waals surface area contributed by atoms with Crippen LogP contribution in [0.15, 0.2) is 42.6 Å². The zero-order chi connectivity index (χ0) is 22.6. The first kappa shape index (κ1) is 23.0. The van der Waals surface area contributed by atoms with Gasteiger partial charge in [0.15, 0.2) is 0 Å². The predicted molar refractivity (Wildman–Crippen MR) is 133 cm³/mol. The fourth-order valence-corrected chi connectivity index (χ4v) is 5.16. The number of nitrogens with one attached hydrogen (secondary N) is 1. The minimum absolute atomic E-state index is 0.254. The molecule has 3 aromatic rings. The normalized spacial score (nSPS) is 15.4. The van der Waals surface area contributed by atoms with Gasteiger partial charge in [0.25, 0.3) is 0 Å². The van der Waals surface area contributed by atoms with Crippen molar-refractivity contribution in [2.75, 3.05) is 11.9 Å². The van der Waals surface area contributed by atoms with Crippen molar-refractivity contribution in [3.8, 4) is 0 Å². The van der Waals surface area contributed by atoms with Crippen LogP contribution in [0.4, 0.5) is 10.1 Å². The summed E-state index contributed by atoms with van der Waals surface area (Å²) < 4.78 is 22.3. The van der Waals surface area contributed by atoms with E-state index < -0.39 is 8.07 Å². The van der Waals surface area contributed by atoms with E-state index in [1.165, 1.54) is 37.7 Å². The van der Waals surface area contributed by atoms with E-state index in [0.717, 1.165) is 29.1 Å². The molecule has 1 heterocycles. The Morgan fingerprint density at radius 2 is 1.84 bits per heavy atom. The number of aromatic nitrogens is 2. The number of fused-ring (bicyclic) bond motifs is 1. The molecule has 0 radical (unpaired) electrons. The number of benzene rings is 2. The third kappa shape index (κ3) is 5.98. The molecule has 0 amide bonds. The van der Waals surface area contributed by atoms with Crippen LogP contribution in [0.25, 0.3) is 10.9 Å². The summed E-state index contributed by atoms with van der Waals surface area (Å²) in [6, 6.07) is 13.4. The van der Waals surface area contributed by atoms with Gasteiger partial charge in [-0.3, -0.25) is 0 Å². The maximum Gasteiger partial charge on any atom is 0.147 e. The van der Waals surface area contributed by atoms with Crippen molar-refractivity contribution >= 4 is 24.7 Å². The highest BCUT2D eigenvalue weighted by molar-refractivity contribution is 6.76. The number of ether oxygens (including phenoxy) is 1. The Hall–Kier alpha value is -2.18. The predicted octanol–water partition coefficient (Wildman–Crippen LogP) is 7.15. The van der Waals surface area contributed by atoms with Crippen molar-refractivity contribution < 1.29 is 9.13 Å². The van der Waals surface area contributed by atoms with Gasteiger partial charge in [-0.25, -0.2) is 9.07 Å². The number of hydrogen-bond donors (Lipinski definition) is 1. The number of rotatable bonds is 9. The van der Waals surface area contributed by atoms with Crippen molar-refractivity contribution in [1.82, 2.24) is 9.78 Å². The summed E-state index contributed by atoms with van der Waals surface area (Å²) in [6.45, 7) is 8.73. The van der Waals surface area contributed by atoms with Gasteiger partial charge in [0, 0.05) is 26.6 Å². The Morgan fingerprint density at radius 1 is 1.09 bits per heavy atom. The Balaban J connectivity index is 1.38. The fraction of sp³-hybridized carbons (Fsp3) is 0.500. The highest BCUT2D eigenvalue weighted by Crippen LogP contribution is 2.32. The van der Waals surface area contributed by atoms with Crippen LogP contribution in [0.3, 0.4) is 0 Å². The van der Waals surface area contributed by atoms with Gasteiger partial charge in [-0.05, 0) is 48.1 Å². The second kappa shape index (κ2) is 10.2. The lowest BCUT2D eigenvalue weighted by molar-refractivity contribution is 0.0817. The average molecular weight is 454 g/mol. The van der Waals surface area contributed by atoms with Crippen LogP contribution >= 0.6 is 0 Å². The topological polar surface area (TPSA) is 39.1 Å². The standard InChI is InChI=1S/C26H36FN3OSi/c1-32(2,3)14-13-31-19-30-26-16-25(24(27)15-23(26)18-29-30)28-17-20-9-11-22(12-10-20)21-7-5-4-6-8-21/h9-12,15-16,18,21,28H,4-8,13-14,17,19H2,1-3H3. The average Bonchev–Trinajstić information content (AvgIpc) is 3.17. The highest BCUT2D eigenvalue weighted by Gasteiger charge is 2.16. The maximum absolute atomic E-state index is 14.7. The number of hydrogen-bond acceptors (Lipinski definition) is 3. The highest BCUT2D eigenvalue weighted by atomic mass is 28.3. The van der Waals surface area contributed by atoms with Gasteiger partial charge >= 0.3 is 0 Å². The molecule has 1 aromatic heterocycles. The molecule has 172 valence electrons. The Morgan fingerprint density at radius 3 is 2.56 bits per heavy atom. The molecule has 0 aliphatic heterocycles. The largest absolute Gasteiger partial charge is 0.379 e. The first-order chi connectivity index (χ1) is 15.4. The molecule has 2 aromatic carbocycles. The molecular formula is C26H36FN3OSi. The molecule has 0 unspecified atom stereocenters. The van der Waals surface area contributed by atoms with E-state index in [1.54, 1.807) is 12.3 Å². The van der Waals surface area contributed by atoms with Crippen LogP contribution in [0.2, 0.25) is 25.7 Å². The summed E-state index contributed by atoms with van der Waals surface area (Å²) >= 11 is 0. The zero-order valence-corrected chi connectivity index (χ0v) is 20.7. The van der Waals surface area contributed by atoms with Gasteiger partial charge in [0.05, 0.1) is 17.4 Å². The lowest BCUT2D eigenvalue weighted by atomic mass is 9.84. The van der Waals surface area contributed by atoms with Gasteiger partial charge in [-0.2, -0.15) is 5.10 Å². The summed E-state index contributed by atoms with van der Waals surface area (Å²) in [4.78, 5) is 0. The second-order valence-corrected chi connectivity index (χ2v) is 15.9. The Labute approximate surface area is 192 Å². The molecule has 32 heavy (non-hydrogen) atoms. The van der Waals surface area contributed by atoms with Crippen molar-refractivity contribution in [2.24, 2.45) is 0 Å². The number of anilines is 1. The smallest absolute Gasteiger partial charge is 0.147 e. The van der Waals surface area contributed by atoms with Crippen molar-refractivity contribution in [1.29, 1.82) is 0 Å². The van der Waals surface area contributed by atoms with Gasteiger partial charge in [0.2, 0.25) is 0 Å². The molecular weight excluding hydrogens is 417 g/mol. The van der Waals surface area contributed by atoms with Crippen LogP contribution in [-0.2, 0) is 18.0 Å². The Kier molecular flexibility index (Phi) is 7.31. The van der Waals surface area contributed by atoms with Crippen molar-refractivity contribution in [2.45, 2.75) is 77.0 Å². The minimum Gasteiger partial charge on any atom is -0.379 e. The Bertz CT molecular complexity index is 1020. The molecule has 0 spiro atoms. The van der Waals surface area contributed by atoms with E-state index in [9.17, 15) is 4.39 Å². The molecule has 4 nitrogen and oxygen atoms in total. The summed E-state index contributed by atoms with van der Waals surface area (Å²) in [5, 5.41) is 8.46. The molecule has 4 rings (SSSR count). The SMILES string of the molecule is C[Si](C)(C)CCOCn1ncc2cc(F)c(NCc3ccc(C4CCCCC4)cc3)cc21. The summed E-state index contributed by atoms with van der Waals surface area (Å²) in [6.07, 6.45) is 8.37. The third-order valence-electron chi connectivity index (χ3n) is 6.48. The first-order valence-electron chi connectivity index (χ1n) is 11.9. The third-order valence-corrected chi connectivity index (χ3v) is 8.18. The monoisotopic (exact) mass is 453 g/mol. The van der Waals surface area contributed by atoms with E-state index in [1.807, 2.05) is 10.7 Å². The van der Waals surface area contributed by atoms with Crippen LogP contribution in [0.5, 0.6) is 0 Å². The fourth-order valence-electron chi connectivity index (χ4n) is 4.41. The zero-order valence-electron chi connectivity index (χ0n) is 19.7. The molecule has 6 heteroatoms. The number of nitrogens with zero attached hydrogens (tertiary/aromatic N) is 2. The van der Waals surface area contributed by atoms with Crippen LogP contribution in [0, 0.1) is 5.82 Å². The van der Waals surface area contributed by atoms with E-state index >= 15 is 0 Å². The number of halogens is 1. The van der Waals surface area contributed by atoms with Crippen LogP contribution < -0.4 is 5.32 Å². The lowest BCUT2D eigenvalue weighted by Crippen LogP contribution is -2.22. The molecule has 0 atom stereocenters. The summed E-state index contributed by atoms with van der Waals surface area (Å²) in [7, 11) is -1.12. The van der Waals surface area contributed by atoms with Gasteiger partial charge in [-0.1, -0.05) is 63.2 Å². The summed E-state index contributed by atoms with van der Waals surface area (Å²) in [5.74, 6) is 0.453. The molecule has 1 saturated carbocycles. The van der Waals surface area contributed by atoms with Crippen LogP contribution in [-0.4, -0.2) is 24.5 Å². The molecule has 1 fully saturated rings. The molecule has 1 aliphatic rings. The van der Waals surface area contributed by atoms with Gasteiger partial charge in [-0.15, -0.1) is 0 Å². The quantitative estimate of drug-likeness (QED) is 0.276. The van der Waals surface area contributed by atoms with Crippen LogP contribution in [0.1, 0.15) is 49.1 Å². The van der Waals surface area contributed by atoms with E-state index in [4.69, 9.17) is 4.74 Å². The molecule has 1 N–H and O–H groups in total. The van der Waals surface area contributed by atoms with Gasteiger partial charge < -0.3 is 10.1 Å². The maximum atomic E-state index is 14.7. The van der Waals surface area contributed by atoms with Crippen molar-refractivity contribution in [3.63, 3.8) is 0 Å². The van der Waals surface area contributed by atoms with E-state index in [2.05, 4.69) is 54.3 Å². The van der Waals surface area contributed by atoms with Gasteiger partial charge in [0.1, 0.15) is 12.5 Å². The second-order valence-electron chi connectivity index (χ2n) is 10.3. The lowest BCUT2D eigenvalue weighted by Gasteiger charge is -2.22.